The van der Waals surface area contributed by atoms with Crippen molar-refractivity contribution in [1.82, 2.24) is 5.32 Å². The molecule has 1 aromatic rings. The molecule has 0 spiro atoms. The van der Waals surface area contributed by atoms with Crippen LogP contribution in [0.1, 0.15) is 20.8 Å². The largest absolute Gasteiger partial charge is 0.444 e. The molecule has 0 heterocycles. The number of hydrogen-bond donors (Lipinski definition) is 2. The van der Waals surface area contributed by atoms with Gasteiger partial charge in [0.05, 0.1) is 10.6 Å². The van der Waals surface area contributed by atoms with E-state index in [4.69, 9.17) is 10.1 Å². The van der Waals surface area contributed by atoms with Gasteiger partial charge in [-0.1, -0.05) is 15.9 Å². The summed E-state index contributed by atoms with van der Waals surface area (Å²) in [6, 6.07) is 6.20. The van der Waals surface area contributed by atoms with Gasteiger partial charge in [0.25, 0.3) is 0 Å². The third-order valence-corrected chi connectivity index (χ3v) is 4.72. The minimum absolute atomic E-state index is 0.138. The van der Waals surface area contributed by atoms with Crippen molar-refractivity contribution in [3.8, 4) is 0 Å². The molecule has 1 amide bonds. The second-order valence-corrected chi connectivity index (χ2v) is 8.63. The summed E-state index contributed by atoms with van der Waals surface area (Å²) in [7, 11) is -3.60. The molecule has 2 N–H and O–H groups in total. The fourth-order valence-electron chi connectivity index (χ4n) is 1.53. The van der Waals surface area contributed by atoms with Crippen molar-refractivity contribution >= 4 is 38.1 Å². The average Bonchev–Trinajstić information content (AvgIpc) is 2.42. The summed E-state index contributed by atoms with van der Waals surface area (Å²) in [4.78, 5) is 11.7. The first-order valence-electron chi connectivity index (χ1n) is 6.71. The maximum atomic E-state index is 12.3. The molecule has 0 aliphatic heterocycles. The molecule has 0 saturated heterocycles. The van der Waals surface area contributed by atoms with Gasteiger partial charge in [0, 0.05) is 22.5 Å². The summed E-state index contributed by atoms with van der Waals surface area (Å²) in [6.07, 6.45) is 1.34. The molecule has 0 aromatic heterocycles. The zero-order valence-electron chi connectivity index (χ0n) is 13.1. The molecule has 0 radical (unpaired) electrons. The number of amides is 1. The standard InChI is InChI=1S/C15H19BrN2O4S/c1-15(2,3)22-14(19)18-9-11(8-17)10-23(20,21)13-6-4-12(16)5-7-13/h4-9,17H,10H2,1-3H3,(H,18,19)/b11-9+,17-8?. The molecule has 8 heteroatoms. The number of hydrogen-bond acceptors (Lipinski definition) is 5. The fourth-order valence-corrected chi connectivity index (χ4v) is 3.12. The Bertz CT molecular complexity index is 704. The van der Waals surface area contributed by atoms with E-state index < -0.39 is 27.3 Å². The lowest BCUT2D eigenvalue weighted by molar-refractivity contribution is 0.0552. The predicted molar refractivity (Wildman–Crippen MR) is 92.4 cm³/mol. The van der Waals surface area contributed by atoms with E-state index in [1.165, 1.54) is 12.1 Å². The highest BCUT2D eigenvalue weighted by atomic mass is 79.9. The molecular weight excluding hydrogens is 384 g/mol. The molecule has 0 fully saturated rings. The van der Waals surface area contributed by atoms with E-state index in [1.54, 1.807) is 32.9 Å². The van der Waals surface area contributed by atoms with Gasteiger partial charge in [0.1, 0.15) is 5.60 Å². The van der Waals surface area contributed by atoms with Crippen LogP contribution in [0.4, 0.5) is 4.79 Å². The van der Waals surface area contributed by atoms with E-state index in [-0.39, 0.29) is 10.5 Å². The van der Waals surface area contributed by atoms with Crippen LogP contribution >= 0.6 is 15.9 Å². The maximum absolute atomic E-state index is 12.3. The number of sulfone groups is 1. The predicted octanol–water partition coefficient (Wildman–Crippen LogP) is 3.28. The van der Waals surface area contributed by atoms with Crippen LogP contribution in [0.25, 0.3) is 0 Å². The number of carbonyl (C=O) groups excluding carboxylic acids is 1. The maximum Gasteiger partial charge on any atom is 0.411 e. The summed E-state index contributed by atoms with van der Waals surface area (Å²) in [5.74, 6) is -0.395. The van der Waals surface area contributed by atoms with E-state index in [0.717, 1.165) is 16.9 Å². The Labute approximate surface area is 144 Å². The zero-order chi connectivity index (χ0) is 17.7. The summed E-state index contributed by atoms with van der Waals surface area (Å²) >= 11 is 3.24. The van der Waals surface area contributed by atoms with Crippen molar-refractivity contribution in [3.63, 3.8) is 0 Å². The Morgan fingerprint density at radius 1 is 1.30 bits per heavy atom. The van der Waals surface area contributed by atoms with Crippen LogP contribution < -0.4 is 5.32 Å². The first kappa shape index (κ1) is 19.4. The van der Waals surface area contributed by atoms with Crippen molar-refractivity contribution in [3.05, 3.63) is 40.5 Å². The third kappa shape index (κ3) is 6.96. The van der Waals surface area contributed by atoms with E-state index in [0.29, 0.717) is 0 Å². The molecular formula is C15H19BrN2O4S. The van der Waals surface area contributed by atoms with Gasteiger partial charge in [-0.25, -0.2) is 13.2 Å². The highest BCUT2D eigenvalue weighted by Crippen LogP contribution is 2.17. The first-order valence-corrected chi connectivity index (χ1v) is 9.15. The van der Waals surface area contributed by atoms with Crippen LogP contribution in [0.5, 0.6) is 0 Å². The van der Waals surface area contributed by atoms with Crippen molar-refractivity contribution in [2.75, 3.05) is 5.75 Å². The van der Waals surface area contributed by atoms with Crippen LogP contribution in [0.3, 0.4) is 0 Å². The second kappa shape index (κ2) is 7.74. The quantitative estimate of drug-likeness (QED) is 0.738. The number of rotatable bonds is 5. The normalized spacial score (nSPS) is 12.6. The molecule has 1 aromatic carbocycles. The summed E-state index contributed by atoms with van der Waals surface area (Å²) < 4.78 is 30.4. The number of alkyl carbamates (subject to hydrolysis) is 1. The Balaban J connectivity index is 2.82. The number of ether oxygens (including phenoxy) is 1. The Kier molecular flexibility index (Phi) is 6.52. The smallest absolute Gasteiger partial charge is 0.411 e. The molecule has 0 atom stereocenters. The highest BCUT2D eigenvalue weighted by Gasteiger charge is 2.18. The van der Waals surface area contributed by atoms with Crippen molar-refractivity contribution < 1.29 is 17.9 Å². The molecule has 6 nitrogen and oxygen atoms in total. The Morgan fingerprint density at radius 2 is 1.87 bits per heavy atom. The minimum atomic E-state index is -3.60. The van der Waals surface area contributed by atoms with E-state index in [1.807, 2.05) is 0 Å². The van der Waals surface area contributed by atoms with Gasteiger partial charge in [0.2, 0.25) is 0 Å². The minimum Gasteiger partial charge on any atom is -0.444 e. The molecule has 126 valence electrons. The summed E-state index contributed by atoms with van der Waals surface area (Å²) in [6.45, 7) is 5.14. The van der Waals surface area contributed by atoms with Gasteiger partial charge < -0.3 is 10.1 Å². The number of carbonyl (C=O) groups is 1. The van der Waals surface area contributed by atoms with Crippen molar-refractivity contribution in [2.24, 2.45) is 0 Å². The van der Waals surface area contributed by atoms with Crippen molar-refractivity contribution in [1.29, 1.82) is 5.41 Å². The lowest BCUT2D eigenvalue weighted by Gasteiger charge is -2.18. The average molecular weight is 403 g/mol. The van der Waals surface area contributed by atoms with Gasteiger partial charge in [-0.05, 0) is 45.0 Å². The molecule has 0 unspecified atom stereocenters. The topological polar surface area (TPSA) is 96.3 Å². The van der Waals surface area contributed by atoms with Gasteiger partial charge >= 0.3 is 6.09 Å². The summed E-state index contributed by atoms with van der Waals surface area (Å²) in [5, 5.41) is 9.63. The molecule has 1 rings (SSSR count). The molecule has 0 aliphatic rings. The molecule has 0 saturated carbocycles. The van der Waals surface area contributed by atoms with Gasteiger partial charge in [-0.3, -0.25) is 5.32 Å². The zero-order valence-corrected chi connectivity index (χ0v) is 15.5. The van der Waals surface area contributed by atoms with Gasteiger partial charge in [0.15, 0.2) is 9.84 Å². The van der Waals surface area contributed by atoms with Gasteiger partial charge in [-0.15, -0.1) is 0 Å². The van der Waals surface area contributed by atoms with Crippen LogP contribution in [0.2, 0.25) is 0 Å². The second-order valence-electron chi connectivity index (χ2n) is 5.72. The highest BCUT2D eigenvalue weighted by molar-refractivity contribution is 9.10. The fraction of sp³-hybridized carbons (Fsp3) is 0.333. The van der Waals surface area contributed by atoms with Crippen LogP contribution in [0, 0.1) is 5.41 Å². The van der Waals surface area contributed by atoms with E-state index in [9.17, 15) is 13.2 Å². The Hall–Kier alpha value is -1.67. The van der Waals surface area contributed by atoms with E-state index >= 15 is 0 Å². The van der Waals surface area contributed by atoms with E-state index in [2.05, 4.69) is 21.2 Å². The lowest BCUT2D eigenvalue weighted by atomic mass is 10.2. The Morgan fingerprint density at radius 3 is 2.35 bits per heavy atom. The monoisotopic (exact) mass is 402 g/mol. The molecule has 0 bridgehead atoms. The van der Waals surface area contributed by atoms with Crippen LogP contribution in [0.15, 0.2) is 45.4 Å². The number of halogens is 1. The first-order chi connectivity index (χ1) is 10.5. The SMILES string of the molecule is CC(C)(C)OC(=O)N/C=C(\C=N)CS(=O)(=O)c1ccc(Br)cc1. The number of benzene rings is 1. The summed E-state index contributed by atoms with van der Waals surface area (Å²) in [5.41, 5.74) is -0.523. The van der Waals surface area contributed by atoms with Crippen LogP contribution in [-0.4, -0.2) is 32.1 Å². The number of nitrogens with one attached hydrogen (secondary N) is 2. The van der Waals surface area contributed by atoms with Crippen LogP contribution in [-0.2, 0) is 14.6 Å². The molecule has 0 aliphatic carbocycles. The van der Waals surface area contributed by atoms with Gasteiger partial charge in [-0.2, -0.15) is 0 Å². The van der Waals surface area contributed by atoms with Crippen molar-refractivity contribution in [2.45, 2.75) is 31.3 Å². The third-order valence-electron chi connectivity index (χ3n) is 2.49. The molecule has 23 heavy (non-hydrogen) atoms. The lowest BCUT2D eigenvalue weighted by Crippen LogP contribution is -2.30.